The van der Waals surface area contributed by atoms with Crippen LogP contribution in [0.4, 0.5) is 0 Å². The summed E-state index contributed by atoms with van der Waals surface area (Å²) in [6.45, 7) is 1.73. The number of aromatic amines is 1. The normalized spacial score (nSPS) is 14.1. The van der Waals surface area contributed by atoms with E-state index in [2.05, 4.69) is 56.7 Å². The third-order valence-electron chi connectivity index (χ3n) is 5.96. The summed E-state index contributed by atoms with van der Waals surface area (Å²) in [4.78, 5) is 16.7. The Hall–Kier alpha value is -4.39. The quantitative estimate of drug-likeness (QED) is 0.289. The third kappa shape index (κ3) is 3.43. The molecule has 7 heteroatoms. The van der Waals surface area contributed by atoms with Crippen molar-refractivity contribution in [2.45, 2.75) is 0 Å². The fourth-order valence-corrected chi connectivity index (χ4v) is 4.17. The number of H-pyrrole nitrogens is 1. The first-order chi connectivity index (χ1) is 16.2. The Labute approximate surface area is 190 Å². The molecule has 0 radical (unpaired) electrons. The zero-order chi connectivity index (χ0) is 22.4. The first-order valence-electron chi connectivity index (χ1n) is 10.8. The van der Waals surface area contributed by atoms with Crippen molar-refractivity contribution in [3.05, 3.63) is 78.2 Å². The molecule has 1 aliphatic heterocycles. The van der Waals surface area contributed by atoms with E-state index < -0.39 is 0 Å². The Kier molecular flexibility index (Phi) is 4.47. The second-order valence-corrected chi connectivity index (χ2v) is 8.05. The zero-order valence-corrected chi connectivity index (χ0v) is 18.1. The maximum Gasteiger partial charge on any atom is 0.169 e. The molecule has 4 N–H and O–H groups in total. The highest BCUT2D eigenvalue weighted by atomic mass is 16.3. The molecule has 0 bridgehead atoms. The average Bonchev–Trinajstić information content (AvgIpc) is 3.61. The van der Waals surface area contributed by atoms with Gasteiger partial charge in [0.15, 0.2) is 11.6 Å². The van der Waals surface area contributed by atoms with Crippen LogP contribution in [0.1, 0.15) is 11.3 Å². The zero-order valence-electron chi connectivity index (χ0n) is 18.1. The number of nitrogens with two attached hydrogens (primary N) is 1. The highest BCUT2D eigenvalue weighted by Gasteiger charge is 2.12. The van der Waals surface area contributed by atoms with Gasteiger partial charge in [-0.2, -0.15) is 0 Å². The van der Waals surface area contributed by atoms with Crippen LogP contribution in [-0.4, -0.2) is 41.8 Å². The molecule has 1 aliphatic rings. The van der Waals surface area contributed by atoms with E-state index in [-0.39, 0.29) is 0 Å². The number of nitrogens with one attached hydrogen (secondary N) is 2. The van der Waals surface area contributed by atoms with Gasteiger partial charge < -0.3 is 20.5 Å². The lowest BCUT2D eigenvalue weighted by Gasteiger charge is -2.03. The molecule has 2 aromatic carbocycles. The molecular weight excluding hydrogens is 412 g/mol. The first-order valence-corrected chi connectivity index (χ1v) is 10.8. The number of hydrogen-bond acceptors (Lipinski definition) is 5. The fraction of sp³-hybridized carbons (Fsp3) is 0.115. The van der Waals surface area contributed by atoms with Gasteiger partial charge >= 0.3 is 0 Å². The van der Waals surface area contributed by atoms with Gasteiger partial charge in [0.2, 0.25) is 0 Å². The lowest BCUT2D eigenvalue weighted by atomic mass is 10.1. The Morgan fingerprint density at radius 2 is 1.82 bits per heavy atom. The van der Waals surface area contributed by atoms with Gasteiger partial charge in [0, 0.05) is 47.2 Å². The molecular formula is C26H22N6O. The Morgan fingerprint density at radius 3 is 2.61 bits per heavy atom. The number of nitrogens with zero attached hydrogens (tertiary/aromatic N) is 3. The van der Waals surface area contributed by atoms with E-state index in [0.29, 0.717) is 11.6 Å². The molecule has 0 spiro atoms. The molecule has 33 heavy (non-hydrogen) atoms. The van der Waals surface area contributed by atoms with E-state index >= 15 is 0 Å². The second-order valence-electron chi connectivity index (χ2n) is 8.05. The van der Waals surface area contributed by atoms with Crippen molar-refractivity contribution in [2.24, 2.45) is 15.7 Å². The average molecular weight is 435 g/mol. The number of hydrogen-bond donors (Lipinski definition) is 3. The second kappa shape index (κ2) is 7.63. The van der Waals surface area contributed by atoms with Gasteiger partial charge in [-0.3, -0.25) is 15.0 Å². The maximum absolute atomic E-state index is 5.88. The van der Waals surface area contributed by atoms with Crippen LogP contribution in [-0.2, 0) is 0 Å². The van der Waals surface area contributed by atoms with Crippen molar-refractivity contribution >= 4 is 33.5 Å². The van der Waals surface area contributed by atoms with E-state index in [0.717, 1.165) is 68.9 Å². The van der Waals surface area contributed by atoms with E-state index in [4.69, 9.17) is 15.1 Å². The van der Waals surface area contributed by atoms with Crippen molar-refractivity contribution in [3.8, 4) is 22.5 Å². The summed E-state index contributed by atoms with van der Waals surface area (Å²) < 4.78 is 5.86. The number of amidine groups is 2. The molecule has 0 amide bonds. The minimum Gasteiger partial charge on any atom is -0.453 e. The number of furan rings is 1. The molecule has 7 nitrogen and oxygen atoms in total. The van der Waals surface area contributed by atoms with Gasteiger partial charge in [-0.15, -0.1) is 0 Å². The number of pyridine rings is 1. The molecule has 0 unspecified atom stereocenters. The van der Waals surface area contributed by atoms with Crippen LogP contribution in [0.5, 0.6) is 0 Å². The summed E-state index contributed by atoms with van der Waals surface area (Å²) in [6.07, 6.45) is 1.89. The van der Waals surface area contributed by atoms with Crippen LogP contribution in [0.2, 0.25) is 0 Å². The van der Waals surface area contributed by atoms with E-state index in [1.807, 2.05) is 30.5 Å². The molecule has 162 valence electrons. The minimum absolute atomic E-state index is 0.386. The van der Waals surface area contributed by atoms with E-state index in [1.165, 1.54) is 0 Å². The molecule has 6 rings (SSSR count). The van der Waals surface area contributed by atoms with Crippen LogP contribution in [0.3, 0.4) is 0 Å². The lowest BCUT2D eigenvalue weighted by Crippen LogP contribution is -2.19. The highest BCUT2D eigenvalue weighted by molar-refractivity contribution is 6.03. The monoisotopic (exact) mass is 434 g/mol. The van der Waals surface area contributed by atoms with Gasteiger partial charge in [-0.05, 0) is 35.9 Å². The molecule has 0 aliphatic carbocycles. The van der Waals surface area contributed by atoms with Gasteiger partial charge in [0.1, 0.15) is 11.4 Å². The smallest absolute Gasteiger partial charge is 0.169 e. The van der Waals surface area contributed by atoms with Crippen LogP contribution < -0.4 is 11.1 Å². The van der Waals surface area contributed by atoms with E-state index in [9.17, 15) is 0 Å². The number of rotatable bonds is 4. The summed E-state index contributed by atoms with van der Waals surface area (Å²) in [5, 5.41) is 5.46. The third-order valence-corrected chi connectivity index (χ3v) is 5.96. The highest BCUT2D eigenvalue weighted by Crippen LogP contribution is 2.29. The van der Waals surface area contributed by atoms with Crippen molar-refractivity contribution in [2.75, 3.05) is 20.1 Å². The van der Waals surface area contributed by atoms with Gasteiger partial charge in [-0.1, -0.05) is 30.3 Å². The summed E-state index contributed by atoms with van der Waals surface area (Å²) in [5.74, 6) is 1.92. The molecule has 5 aromatic rings. The summed E-state index contributed by atoms with van der Waals surface area (Å²) in [7, 11) is 1.65. The number of fused-ring (bicyclic) bond motifs is 2. The lowest BCUT2D eigenvalue weighted by molar-refractivity contribution is 0.604. The van der Waals surface area contributed by atoms with Crippen molar-refractivity contribution < 1.29 is 4.42 Å². The van der Waals surface area contributed by atoms with Gasteiger partial charge in [0.05, 0.1) is 17.9 Å². The molecule has 0 saturated carbocycles. The predicted octanol–water partition coefficient (Wildman–Crippen LogP) is 4.33. The van der Waals surface area contributed by atoms with Crippen molar-refractivity contribution in [3.63, 3.8) is 0 Å². The molecule has 0 saturated heterocycles. The van der Waals surface area contributed by atoms with Crippen molar-refractivity contribution in [1.29, 1.82) is 0 Å². The molecule has 4 heterocycles. The van der Waals surface area contributed by atoms with Crippen LogP contribution in [0.15, 0.2) is 81.3 Å². The number of aliphatic imine (C=N–C) groups is 2. The summed E-state index contributed by atoms with van der Waals surface area (Å²) in [6, 6.07) is 20.6. The topological polar surface area (TPSA) is 105 Å². The fourth-order valence-electron chi connectivity index (χ4n) is 4.17. The van der Waals surface area contributed by atoms with Crippen LogP contribution >= 0.6 is 0 Å². The predicted molar refractivity (Wildman–Crippen MR) is 133 cm³/mol. The van der Waals surface area contributed by atoms with E-state index in [1.54, 1.807) is 7.05 Å². The molecule has 0 atom stereocenters. The largest absolute Gasteiger partial charge is 0.453 e. The minimum atomic E-state index is 0.386. The maximum atomic E-state index is 5.88. The summed E-state index contributed by atoms with van der Waals surface area (Å²) >= 11 is 0. The molecule has 3 aromatic heterocycles. The Balaban J connectivity index is 1.30. The number of aromatic nitrogens is 2. The van der Waals surface area contributed by atoms with Gasteiger partial charge in [0.25, 0.3) is 0 Å². The molecule has 0 fully saturated rings. The van der Waals surface area contributed by atoms with Crippen LogP contribution in [0, 0.1) is 0 Å². The van der Waals surface area contributed by atoms with Gasteiger partial charge in [-0.25, -0.2) is 0 Å². The standard InChI is InChI=1S/C26H22N6O/c1-28-25(27)24-13-17-4-2-15(12-23(17)33-24)19-6-7-20(31-14-19)22-10-16-3-5-18(11-21(16)32-22)26-29-8-9-30-26/h2-7,10-14,32H,8-9H2,1H3,(H2,27,28)(H,29,30). The summed E-state index contributed by atoms with van der Waals surface area (Å²) in [5.41, 5.74) is 12.7. The van der Waals surface area contributed by atoms with Crippen LogP contribution in [0.25, 0.3) is 44.4 Å². The first kappa shape index (κ1) is 19.3. The van der Waals surface area contributed by atoms with Crippen molar-refractivity contribution in [1.82, 2.24) is 15.3 Å². The number of benzene rings is 2. The SMILES string of the molecule is CN=C(N)c1cc2ccc(-c3ccc(-c4cc5ccc(C6=NCCN6)cc5[nH]4)nc3)cc2o1. The Bertz CT molecular complexity index is 1560. The Morgan fingerprint density at radius 1 is 0.970 bits per heavy atom.